The lowest BCUT2D eigenvalue weighted by Gasteiger charge is -2.07. The van der Waals surface area contributed by atoms with E-state index in [-0.39, 0.29) is 23.1 Å². The molecule has 0 saturated carbocycles. The third-order valence-electron chi connectivity index (χ3n) is 4.31. The van der Waals surface area contributed by atoms with E-state index in [2.05, 4.69) is 21.2 Å². The minimum atomic E-state index is -4.34. The number of fused-ring (bicyclic) bond motifs is 1. The van der Waals surface area contributed by atoms with Crippen LogP contribution in [0.3, 0.4) is 0 Å². The van der Waals surface area contributed by atoms with E-state index in [1.165, 1.54) is 18.3 Å². The molecule has 0 aliphatic carbocycles. The van der Waals surface area contributed by atoms with Gasteiger partial charge in [-0.3, -0.25) is 4.79 Å². The first kappa shape index (κ1) is 23.4. The number of hydrogen-bond donors (Lipinski definition) is 2. The van der Waals surface area contributed by atoms with Crippen LogP contribution >= 0.6 is 15.9 Å². The molecule has 1 heterocycles. The lowest BCUT2D eigenvalue weighted by Crippen LogP contribution is -2.39. The van der Waals surface area contributed by atoms with Crippen molar-refractivity contribution in [3.63, 3.8) is 0 Å². The summed E-state index contributed by atoms with van der Waals surface area (Å²) in [5, 5.41) is 13.7. The monoisotopic (exact) mass is 514 g/mol. The van der Waals surface area contributed by atoms with Gasteiger partial charge in [0, 0.05) is 16.2 Å². The van der Waals surface area contributed by atoms with Crippen LogP contribution in [0.25, 0.3) is 10.8 Å². The first-order chi connectivity index (χ1) is 15.2. The Morgan fingerprint density at radius 3 is 2.31 bits per heavy atom. The van der Waals surface area contributed by atoms with Crippen molar-refractivity contribution in [2.24, 2.45) is 0 Å². The quantitative estimate of drug-likeness (QED) is 0.317. The van der Waals surface area contributed by atoms with Gasteiger partial charge >= 0.3 is 0 Å². The molecule has 4 rings (SSSR count). The Balaban J connectivity index is 0.000000186. The second kappa shape index (κ2) is 10.4. The molecule has 0 fully saturated rings. The summed E-state index contributed by atoms with van der Waals surface area (Å²) >= 11 is 3.33. The van der Waals surface area contributed by atoms with Crippen molar-refractivity contribution < 1.29 is 27.4 Å². The summed E-state index contributed by atoms with van der Waals surface area (Å²) in [6.45, 7) is 0.157. The maximum Gasteiger partial charge on any atom is 0.290 e. The van der Waals surface area contributed by atoms with Gasteiger partial charge < -0.3 is 15.0 Å². The number of hydrogen-bond acceptors (Lipinski definition) is 5. The number of halogens is 1. The lowest BCUT2D eigenvalue weighted by molar-refractivity contribution is -0.684. The molecule has 0 aliphatic rings. The summed E-state index contributed by atoms with van der Waals surface area (Å²) in [7, 11) is -4.34. The number of benzene rings is 3. The second-order valence-electron chi connectivity index (χ2n) is 6.75. The number of aromatic hydroxyl groups is 1. The SMILES string of the molecule is O=C(C[n+]1cccc(O)c1)Nc1ccc(Br)cc1.O=S(=O)([O-])c1ccc2ccccc2c1. The van der Waals surface area contributed by atoms with Crippen LogP contribution in [0, 0.1) is 0 Å². The highest BCUT2D eigenvalue weighted by Gasteiger charge is 2.10. The number of amides is 1. The van der Waals surface area contributed by atoms with E-state index >= 15 is 0 Å². The van der Waals surface area contributed by atoms with Gasteiger partial charge in [-0.15, -0.1) is 0 Å². The van der Waals surface area contributed by atoms with Crippen molar-refractivity contribution in [1.29, 1.82) is 0 Å². The predicted molar refractivity (Wildman–Crippen MR) is 123 cm³/mol. The van der Waals surface area contributed by atoms with Crippen molar-refractivity contribution in [3.05, 3.63) is 95.7 Å². The molecule has 0 spiro atoms. The zero-order valence-corrected chi connectivity index (χ0v) is 19.1. The van der Waals surface area contributed by atoms with Gasteiger partial charge in [-0.1, -0.05) is 46.3 Å². The minimum absolute atomic E-state index is 0.133. The Hall–Kier alpha value is -3.27. The average Bonchev–Trinajstić information content (AvgIpc) is 2.75. The Morgan fingerprint density at radius 2 is 1.66 bits per heavy atom. The number of carbonyl (C=O) groups excluding carboxylic acids is 1. The summed E-state index contributed by atoms with van der Waals surface area (Å²) in [6, 6.07) is 22.2. The average molecular weight is 515 g/mol. The minimum Gasteiger partial charge on any atom is -0.744 e. The number of aromatic nitrogens is 1. The molecular formula is C23H19BrN2O5S. The molecule has 1 aromatic heterocycles. The largest absolute Gasteiger partial charge is 0.744 e. The highest BCUT2D eigenvalue weighted by atomic mass is 79.9. The first-order valence-corrected chi connectivity index (χ1v) is 11.6. The number of pyridine rings is 1. The van der Waals surface area contributed by atoms with E-state index in [4.69, 9.17) is 0 Å². The maximum absolute atomic E-state index is 11.8. The van der Waals surface area contributed by atoms with Crippen LogP contribution in [-0.4, -0.2) is 24.0 Å². The molecule has 1 amide bonds. The standard InChI is InChI=1S/C13H11BrN2O2.C10H8O3S/c14-10-3-5-11(6-4-10)15-13(18)9-16-7-1-2-12(17)8-16;11-14(12,13)10-6-5-8-3-1-2-4-9(8)7-10/h1-8H,9H2,(H-,15,17,18);1-7H,(H,11,12,13). The van der Waals surface area contributed by atoms with Crippen molar-refractivity contribution in [3.8, 4) is 5.75 Å². The third kappa shape index (κ3) is 6.88. The molecule has 0 radical (unpaired) electrons. The molecular weight excluding hydrogens is 496 g/mol. The molecule has 3 aromatic carbocycles. The van der Waals surface area contributed by atoms with Crippen molar-refractivity contribution >= 4 is 48.4 Å². The zero-order chi connectivity index (χ0) is 23.1. The van der Waals surface area contributed by atoms with E-state index in [0.717, 1.165) is 20.9 Å². The lowest BCUT2D eigenvalue weighted by atomic mass is 10.1. The summed E-state index contributed by atoms with van der Waals surface area (Å²) in [6.07, 6.45) is 3.22. The summed E-state index contributed by atoms with van der Waals surface area (Å²) in [4.78, 5) is 11.6. The van der Waals surface area contributed by atoms with E-state index in [1.54, 1.807) is 41.1 Å². The molecule has 0 bridgehead atoms. The van der Waals surface area contributed by atoms with E-state index in [9.17, 15) is 22.9 Å². The second-order valence-corrected chi connectivity index (χ2v) is 9.05. The molecule has 164 valence electrons. The molecule has 0 saturated heterocycles. The molecule has 2 N–H and O–H groups in total. The Morgan fingerprint density at radius 1 is 0.969 bits per heavy atom. The summed E-state index contributed by atoms with van der Waals surface area (Å²) < 4.78 is 34.7. The van der Waals surface area contributed by atoms with Gasteiger partial charge in [0.15, 0.2) is 11.9 Å². The molecule has 32 heavy (non-hydrogen) atoms. The Labute approximate surface area is 193 Å². The highest BCUT2D eigenvalue weighted by molar-refractivity contribution is 9.10. The fraction of sp³-hybridized carbons (Fsp3) is 0.0435. The maximum atomic E-state index is 11.8. The van der Waals surface area contributed by atoms with E-state index in [1.807, 2.05) is 36.4 Å². The van der Waals surface area contributed by atoms with Gasteiger partial charge in [0.05, 0.1) is 4.90 Å². The van der Waals surface area contributed by atoms with Crippen LogP contribution in [0.4, 0.5) is 5.69 Å². The predicted octanol–water partition coefficient (Wildman–Crippen LogP) is 3.82. The first-order valence-electron chi connectivity index (χ1n) is 9.39. The Kier molecular flexibility index (Phi) is 7.57. The molecule has 0 atom stereocenters. The van der Waals surface area contributed by atoms with Crippen LogP contribution in [0.5, 0.6) is 5.75 Å². The van der Waals surface area contributed by atoms with E-state index in [0.29, 0.717) is 0 Å². The third-order valence-corrected chi connectivity index (χ3v) is 5.67. The summed E-state index contributed by atoms with van der Waals surface area (Å²) in [5.74, 6) is -0.0122. The van der Waals surface area contributed by atoms with Crippen molar-refractivity contribution in [2.75, 3.05) is 5.32 Å². The van der Waals surface area contributed by atoms with Crippen LogP contribution in [-0.2, 0) is 21.5 Å². The molecule has 9 heteroatoms. The molecule has 0 unspecified atom stereocenters. The van der Waals surface area contributed by atoms with Gasteiger partial charge in [0.25, 0.3) is 5.91 Å². The molecule has 7 nitrogen and oxygen atoms in total. The fourth-order valence-electron chi connectivity index (χ4n) is 2.83. The van der Waals surface area contributed by atoms with E-state index < -0.39 is 10.1 Å². The number of nitrogens with zero attached hydrogens (tertiary/aromatic N) is 1. The smallest absolute Gasteiger partial charge is 0.290 e. The molecule has 4 aromatic rings. The Bertz CT molecular complexity index is 1340. The number of carbonyl (C=O) groups is 1. The van der Waals surface area contributed by atoms with Crippen LogP contribution < -0.4 is 9.88 Å². The topological polar surface area (TPSA) is 110 Å². The number of nitrogens with one attached hydrogen (secondary N) is 1. The van der Waals surface area contributed by atoms with Crippen LogP contribution in [0.15, 0.2) is 101 Å². The van der Waals surface area contributed by atoms with Gasteiger partial charge in [0.1, 0.15) is 10.1 Å². The normalized spacial score (nSPS) is 10.8. The van der Waals surface area contributed by atoms with Gasteiger partial charge in [-0.05, 0) is 53.2 Å². The molecule has 0 aliphatic heterocycles. The summed E-state index contributed by atoms with van der Waals surface area (Å²) in [5.41, 5.74) is 0.740. The van der Waals surface area contributed by atoms with Crippen molar-refractivity contribution in [1.82, 2.24) is 0 Å². The zero-order valence-electron chi connectivity index (χ0n) is 16.7. The van der Waals surface area contributed by atoms with Crippen LogP contribution in [0.2, 0.25) is 0 Å². The highest BCUT2D eigenvalue weighted by Crippen LogP contribution is 2.18. The van der Waals surface area contributed by atoms with Gasteiger partial charge in [0.2, 0.25) is 12.7 Å². The van der Waals surface area contributed by atoms with Crippen molar-refractivity contribution in [2.45, 2.75) is 11.4 Å². The van der Waals surface area contributed by atoms with Crippen LogP contribution in [0.1, 0.15) is 0 Å². The van der Waals surface area contributed by atoms with Gasteiger partial charge in [-0.2, -0.15) is 4.57 Å². The number of anilines is 1. The fourth-order valence-corrected chi connectivity index (χ4v) is 3.60. The van der Waals surface area contributed by atoms with Gasteiger partial charge in [-0.25, -0.2) is 8.42 Å². The number of rotatable bonds is 4.